The van der Waals surface area contributed by atoms with Gasteiger partial charge < -0.3 is 14.8 Å². The van der Waals surface area contributed by atoms with Crippen molar-refractivity contribution in [3.05, 3.63) is 28.0 Å². The van der Waals surface area contributed by atoms with Gasteiger partial charge in [0.2, 0.25) is 0 Å². The maximum Gasteiger partial charge on any atom is 0.433 e. The molecule has 1 unspecified atom stereocenters. The first kappa shape index (κ1) is 10.7. The minimum absolute atomic E-state index is 0.265. The number of hydrogen-bond acceptors (Lipinski definition) is 5. The van der Waals surface area contributed by atoms with Crippen molar-refractivity contribution in [1.82, 2.24) is 5.32 Å². The van der Waals surface area contributed by atoms with E-state index in [0.717, 1.165) is 0 Å². The zero-order valence-electron chi connectivity index (χ0n) is 7.77. The second-order valence-electron chi connectivity index (χ2n) is 2.98. The fourth-order valence-electron chi connectivity index (χ4n) is 0.964. The molecule has 2 N–H and O–H groups in total. The maximum absolute atomic E-state index is 10.2. The zero-order chi connectivity index (χ0) is 10.6. The Morgan fingerprint density at radius 3 is 2.93 bits per heavy atom. The first-order valence-corrected chi connectivity index (χ1v) is 4.21. The Balaban J connectivity index is 2.40. The molecule has 1 aromatic rings. The predicted molar refractivity (Wildman–Crippen MR) is 48.7 cm³/mol. The van der Waals surface area contributed by atoms with E-state index in [0.29, 0.717) is 18.8 Å². The van der Waals surface area contributed by atoms with Crippen LogP contribution in [-0.4, -0.2) is 22.7 Å². The Hall–Kier alpha value is -1.40. The van der Waals surface area contributed by atoms with Crippen molar-refractivity contribution in [3.8, 4) is 0 Å². The average Bonchev–Trinajstić information content (AvgIpc) is 2.52. The van der Waals surface area contributed by atoms with Gasteiger partial charge >= 0.3 is 5.88 Å². The van der Waals surface area contributed by atoms with Gasteiger partial charge in [-0.3, -0.25) is 10.1 Å². The van der Waals surface area contributed by atoms with Gasteiger partial charge in [-0.05, 0) is 13.0 Å². The SMILES string of the molecule is CC(O)CNCc1ccc([N+](=O)[O-])o1. The Bertz CT molecular complexity index is 308. The van der Waals surface area contributed by atoms with Crippen molar-refractivity contribution >= 4 is 5.88 Å². The highest BCUT2D eigenvalue weighted by molar-refractivity contribution is 5.17. The van der Waals surface area contributed by atoms with Crippen molar-refractivity contribution in [2.24, 2.45) is 0 Å². The van der Waals surface area contributed by atoms with Crippen LogP contribution in [0.5, 0.6) is 0 Å². The van der Waals surface area contributed by atoms with E-state index in [2.05, 4.69) is 5.32 Å². The molecular formula is C8H12N2O4. The highest BCUT2D eigenvalue weighted by atomic mass is 16.6. The molecule has 0 fully saturated rings. The molecule has 0 aliphatic rings. The Morgan fingerprint density at radius 1 is 1.71 bits per heavy atom. The van der Waals surface area contributed by atoms with Gasteiger partial charge in [-0.2, -0.15) is 0 Å². The fraction of sp³-hybridized carbons (Fsp3) is 0.500. The number of nitro groups is 1. The van der Waals surface area contributed by atoms with Gasteiger partial charge in [0.15, 0.2) is 0 Å². The normalized spacial score (nSPS) is 12.7. The summed E-state index contributed by atoms with van der Waals surface area (Å²) in [5.41, 5.74) is 0. The Kier molecular flexibility index (Phi) is 3.61. The molecule has 78 valence electrons. The largest absolute Gasteiger partial charge is 0.433 e. The zero-order valence-corrected chi connectivity index (χ0v) is 7.77. The summed E-state index contributed by atoms with van der Waals surface area (Å²) in [6.07, 6.45) is -0.444. The quantitative estimate of drug-likeness (QED) is 0.538. The summed E-state index contributed by atoms with van der Waals surface area (Å²) in [6.45, 7) is 2.45. The molecule has 0 aliphatic heterocycles. The van der Waals surface area contributed by atoms with Gasteiger partial charge in [0, 0.05) is 6.54 Å². The molecule has 0 saturated carbocycles. The maximum atomic E-state index is 10.2. The lowest BCUT2D eigenvalue weighted by Crippen LogP contribution is -2.23. The molecule has 1 aromatic heterocycles. The number of hydrogen-bond donors (Lipinski definition) is 2. The van der Waals surface area contributed by atoms with E-state index < -0.39 is 11.0 Å². The highest BCUT2D eigenvalue weighted by Gasteiger charge is 2.11. The molecule has 6 nitrogen and oxygen atoms in total. The molecule has 0 bridgehead atoms. The average molecular weight is 200 g/mol. The number of furan rings is 1. The minimum Gasteiger partial charge on any atom is -0.404 e. The van der Waals surface area contributed by atoms with Crippen LogP contribution in [0.2, 0.25) is 0 Å². The third kappa shape index (κ3) is 3.15. The van der Waals surface area contributed by atoms with Gasteiger partial charge in [-0.15, -0.1) is 0 Å². The molecular weight excluding hydrogens is 188 g/mol. The van der Waals surface area contributed by atoms with Crippen LogP contribution in [0.15, 0.2) is 16.5 Å². The molecule has 0 aliphatic carbocycles. The minimum atomic E-state index is -0.585. The second-order valence-corrected chi connectivity index (χ2v) is 2.98. The summed E-state index contributed by atoms with van der Waals surface area (Å²) >= 11 is 0. The van der Waals surface area contributed by atoms with E-state index in [9.17, 15) is 10.1 Å². The number of aliphatic hydroxyl groups excluding tert-OH is 1. The summed E-state index contributed by atoms with van der Waals surface area (Å²) in [6, 6.07) is 2.84. The molecule has 0 amide bonds. The van der Waals surface area contributed by atoms with E-state index in [1.807, 2.05) is 0 Å². The van der Waals surface area contributed by atoms with Crippen LogP contribution in [-0.2, 0) is 6.54 Å². The Labute approximate surface area is 80.7 Å². The van der Waals surface area contributed by atoms with E-state index in [4.69, 9.17) is 9.52 Å². The molecule has 0 aromatic carbocycles. The summed E-state index contributed by atoms with van der Waals surface area (Å²) < 4.78 is 4.88. The second kappa shape index (κ2) is 4.73. The standard InChI is InChI=1S/C8H12N2O4/c1-6(11)4-9-5-7-2-3-8(14-7)10(12)13/h2-3,6,9,11H,4-5H2,1H3. The van der Waals surface area contributed by atoms with Crippen LogP contribution in [0.25, 0.3) is 0 Å². The topological polar surface area (TPSA) is 88.5 Å². The third-order valence-corrected chi connectivity index (χ3v) is 1.57. The van der Waals surface area contributed by atoms with Crippen LogP contribution >= 0.6 is 0 Å². The fourth-order valence-corrected chi connectivity index (χ4v) is 0.964. The van der Waals surface area contributed by atoms with Crippen LogP contribution in [0.4, 0.5) is 5.88 Å². The van der Waals surface area contributed by atoms with Crippen molar-refractivity contribution < 1.29 is 14.4 Å². The molecule has 0 radical (unpaired) electrons. The summed E-state index contributed by atoms with van der Waals surface area (Å²) in [5, 5.41) is 22.1. The first-order valence-electron chi connectivity index (χ1n) is 4.21. The molecule has 14 heavy (non-hydrogen) atoms. The monoisotopic (exact) mass is 200 g/mol. The molecule has 1 heterocycles. The van der Waals surface area contributed by atoms with Gasteiger partial charge in [0.25, 0.3) is 0 Å². The van der Waals surface area contributed by atoms with Crippen LogP contribution in [0.1, 0.15) is 12.7 Å². The highest BCUT2D eigenvalue weighted by Crippen LogP contribution is 2.14. The van der Waals surface area contributed by atoms with Crippen molar-refractivity contribution in [2.75, 3.05) is 6.54 Å². The van der Waals surface area contributed by atoms with Gasteiger partial charge in [0.1, 0.15) is 10.7 Å². The van der Waals surface area contributed by atoms with Crippen LogP contribution in [0.3, 0.4) is 0 Å². The smallest absolute Gasteiger partial charge is 0.404 e. The number of rotatable bonds is 5. The van der Waals surface area contributed by atoms with Gasteiger partial charge in [-0.25, -0.2) is 0 Å². The molecule has 0 spiro atoms. The summed E-state index contributed by atoms with van der Waals surface area (Å²) in [5.74, 6) is 0.219. The van der Waals surface area contributed by atoms with E-state index in [1.54, 1.807) is 6.92 Å². The number of aliphatic hydroxyl groups is 1. The van der Waals surface area contributed by atoms with Crippen LogP contribution < -0.4 is 5.32 Å². The molecule has 6 heteroatoms. The predicted octanol–water partition coefficient (Wildman–Crippen LogP) is 0.658. The van der Waals surface area contributed by atoms with Crippen molar-refractivity contribution in [3.63, 3.8) is 0 Å². The summed E-state index contributed by atoms with van der Waals surface area (Å²) in [4.78, 5) is 9.66. The summed E-state index contributed by atoms with van der Waals surface area (Å²) in [7, 11) is 0. The molecule has 1 atom stereocenters. The van der Waals surface area contributed by atoms with Crippen molar-refractivity contribution in [1.29, 1.82) is 0 Å². The van der Waals surface area contributed by atoms with E-state index in [1.165, 1.54) is 12.1 Å². The first-order chi connectivity index (χ1) is 6.59. The molecule has 0 saturated heterocycles. The Morgan fingerprint density at radius 2 is 2.43 bits per heavy atom. The van der Waals surface area contributed by atoms with Gasteiger partial charge in [-0.1, -0.05) is 0 Å². The van der Waals surface area contributed by atoms with Crippen molar-refractivity contribution in [2.45, 2.75) is 19.6 Å². The van der Waals surface area contributed by atoms with E-state index >= 15 is 0 Å². The third-order valence-electron chi connectivity index (χ3n) is 1.57. The number of nitrogens with one attached hydrogen (secondary N) is 1. The lowest BCUT2D eigenvalue weighted by atomic mass is 10.4. The molecule has 1 rings (SSSR count). The lowest BCUT2D eigenvalue weighted by Gasteiger charge is -2.03. The van der Waals surface area contributed by atoms with Crippen LogP contribution in [0, 0.1) is 10.1 Å². The number of nitrogens with zero attached hydrogens (tertiary/aromatic N) is 1. The van der Waals surface area contributed by atoms with Gasteiger partial charge in [0.05, 0.1) is 18.7 Å². The van der Waals surface area contributed by atoms with E-state index in [-0.39, 0.29) is 5.88 Å². The lowest BCUT2D eigenvalue weighted by molar-refractivity contribution is -0.402.